The molecule has 2 heterocycles. The molecule has 0 atom stereocenters. The van der Waals surface area contributed by atoms with E-state index in [2.05, 4.69) is 31.4 Å². The Morgan fingerprint density at radius 2 is 2.11 bits per heavy atom. The van der Waals surface area contributed by atoms with Gasteiger partial charge in [-0.1, -0.05) is 6.92 Å². The predicted molar refractivity (Wildman–Crippen MR) is 71.3 cm³/mol. The van der Waals surface area contributed by atoms with Crippen LogP contribution in [0.15, 0.2) is 12.4 Å². The van der Waals surface area contributed by atoms with Crippen LogP contribution in [0.1, 0.15) is 31.9 Å². The minimum absolute atomic E-state index is 0.141. The Bertz CT molecular complexity index is 543. The summed E-state index contributed by atoms with van der Waals surface area (Å²) in [6, 6.07) is 0.256. The van der Waals surface area contributed by atoms with Gasteiger partial charge in [-0.2, -0.15) is 9.97 Å². The molecule has 0 amide bonds. The quantitative estimate of drug-likeness (QED) is 0.811. The van der Waals surface area contributed by atoms with Crippen LogP contribution in [0.5, 0.6) is 6.01 Å². The Balaban J connectivity index is 2.20. The van der Waals surface area contributed by atoms with Crippen molar-refractivity contribution < 1.29 is 4.74 Å². The average molecular weight is 282 g/mol. The molecular weight excluding hydrogens is 266 g/mol. The Labute approximate surface area is 116 Å². The van der Waals surface area contributed by atoms with E-state index < -0.39 is 0 Å². The number of imidazole rings is 1. The van der Waals surface area contributed by atoms with Gasteiger partial charge in [-0.05, 0) is 24.9 Å². The zero-order chi connectivity index (χ0) is 13.7. The molecule has 19 heavy (non-hydrogen) atoms. The SMILES string of the molecule is CCCn1ccnc1Cc1nc(Cl)nc(OCC)n1. The Hall–Kier alpha value is -1.69. The molecule has 0 N–H and O–H groups in total. The van der Waals surface area contributed by atoms with E-state index in [-0.39, 0.29) is 11.3 Å². The van der Waals surface area contributed by atoms with E-state index in [9.17, 15) is 0 Å². The van der Waals surface area contributed by atoms with Gasteiger partial charge in [0, 0.05) is 18.9 Å². The first-order chi connectivity index (χ1) is 9.22. The molecule has 0 bridgehead atoms. The number of hydrogen-bond donors (Lipinski definition) is 0. The third kappa shape index (κ3) is 3.64. The summed E-state index contributed by atoms with van der Waals surface area (Å²) in [6.45, 7) is 5.40. The maximum Gasteiger partial charge on any atom is 0.320 e. The zero-order valence-corrected chi connectivity index (χ0v) is 11.8. The molecule has 0 aliphatic heterocycles. The Morgan fingerprint density at radius 1 is 1.26 bits per heavy atom. The van der Waals surface area contributed by atoms with Crippen molar-refractivity contribution in [3.05, 3.63) is 29.3 Å². The smallest absolute Gasteiger partial charge is 0.320 e. The molecule has 2 aromatic rings. The highest BCUT2D eigenvalue weighted by Gasteiger charge is 2.10. The van der Waals surface area contributed by atoms with Crippen molar-refractivity contribution in [3.63, 3.8) is 0 Å². The average Bonchev–Trinajstić information content (AvgIpc) is 2.77. The van der Waals surface area contributed by atoms with Gasteiger partial charge in [-0.3, -0.25) is 0 Å². The monoisotopic (exact) mass is 281 g/mol. The maximum atomic E-state index is 5.86. The Kier molecular flexibility index (Phi) is 4.68. The molecule has 0 radical (unpaired) electrons. The minimum Gasteiger partial charge on any atom is -0.464 e. The van der Waals surface area contributed by atoms with Crippen LogP contribution in [0.25, 0.3) is 0 Å². The van der Waals surface area contributed by atoms with Gasteiger partial charge in [-0.15, -0.1) is 0 Å². The van der Waals surface area contributed by atoms with Crippen LogP contribution < -0.4 is 4.74 Å². The molecular formula is C12H16ClN5O. The van der Waals surface area contributed by atoms with Gasteiger partial charge < -0.3 is 9.30 Å². The number of nitrogens with zero attached hydrogens (tertiary/aromatic N) is 5. The highest BCUT2D eigenvalue weighted by atomic mass is 35.5. The Morgan fingerprint density at radius 3 is 2.84 bits per heavy atom. The van der Waals surface area contributed by atoms with Crippen LogP contribution in [0, 0.1) is 0 Å². The van der Waals surface area contributed by atoms with Gasteiger partial charge in [0.1, 0.15) is 11.6 Å². The van der Waals surface area contributed by atoms with Crippen LogP contribution in [0.3, 0.4) is 0 Å². The highest BCUT2D eigenvalue weighted by Crippen LogP contribution is 2.11. The van der Waals surface area contributed by atoms with E-state index in [0.717, 1.165) is 18.8 Å². The lowest BCUT2D eigenvalue weighted by atomic mass is 10.3. The second-order valence-electron chi connectivity index (χ2n) is 3.95. The van der Waals surface area contributed by atoms with E-state index in [1.165, 1.54) is 0 Å². The lowest BCUT2D eigenvalue weighted by Crippen LogP contribution is -2.08. The van der Waals surface area contributed by atoms with Crippen molar-refractivity contribution in [1.29, 1.82) is 0 Å². The third-order valence-corrected chi connectivity index (χ3v) is 2.66. The fourth-order valence-electron chi connectivity index (χ4n) is 1.74. The second-order valence-corrected chi connectivity index (χ2v) is 4.29. The summed E-state index contributed by atoms with van der Waals surface area (Å²) in [4.78, 5) is 16.5. The fourth-order valence-corrected chi connectivity index (χ4v) is 1.91. The van der Waals surface area contributed by atoms with Crippen molar-refractivity contribution in [1.82, 2.24) is 24.5 Å². The molecule has 6 nitrogen and oxygen atoms in total. The van der Waals surface area contributed by atoms with E-state index >= 15 is 0 Å². The molecule has 0 saturated heterocycles. The first kappa shape index (κ1) is 13.7. The van der Waals surface area contributed by atoms with Gasteiger partial charge in [0.25, 0.3) is 0 Å². The van der Waals surface area contributed by atoms with Crippen molar-refractivity contribution in [2.75, 3.05) is 6.61 Å². The first-order valence-corrected chi connectivity index (χ1v) is 6.64. The lowest BCUT2D eigenvalue weighted by Gasteiger charge is -2.06. The van der Waals surface area contributed by atoms with E-state index in [4.69, 9.17) is 16.3 Å². The summed E-state index contributed by atoms with van der Waals surface area (Å²) in [5.41, 5.74) is 0. The molecule has 0 fully saturated rings. The van der Waals surface area contributed by atoms with Crippen molar-refractivity contribution in [2.45, 2.75) is 33.2 Å². The van der Waals surface area contributed by atoms with Crippen molar-refractivity contribution in [3.8, 4) is 6.01 Å². The molecule has 0 unspecified atom stereocenters. The summed E-state index contributed by atoms with van der Waals surface area (Å²) in [7, 11) is 0. The van der Waals surface area contributed by atoms with E-state index in [0.29, 0.717) is 18.9 Å². The molecule has 7 heteroatoms. The van der Waals surface area contributed by atoms with Crippen LogP contribution in [-0.4, -0.2) is 31.1 Å². The molecule has 102 valence electrons. The number of halogens is 1. The van der Waals surface area contributed by atoms with Gasteiger partial charge in [-0.25, -0.2) is 9.97 Å². The minimum atomic E-state index is 0.141. The van der Waals surface area contributed by atoms with Crippen LogP contribution in [0.4, 0.5) is 0 Å². The van der Waals surface area contributed by atoms with Crippen molar-refractivity contribution >= 4 is 11.6 Å². The summed E-state index contributed by atoms with van der Waals surface area (Å²) in [5.74, 6) is 1.47. The van der Waals surface area contributed by atoms with E-state index in [1.807, 2.05) is 13.1 Å². The number of hydrogen-bond acceptors (Lipinski definition) is 5. The molecule has 0 aliphatic rings. The topological polar surface area (TPSA) is 65.7 Å². The third-order valence-electron chi connectivity index (χ3n) is 2.49. The van der Waals surface area contributed by atoms with Crippen LogP contribution in [-0.2, 0) is 13.0 Å². The summed E-state index contributed by atoms with van der Waals surface area (Å²) in [6.07, 6.45) is 5.28. The number of aromatic nitrogens is 5. The first-order valence-electron chi connectivity index (χ1n) is 6.26. The van der Waals surface area contributed by atoms with Crippen LogP contribution >= 0.6 is 11.6 Å². The highest BCUT2D eigenvalue weighted by molar-refractivity contribution is 6.28. The van der Waals surface area contributed by atoms with Gasteiger partial charge in [0.05, 0.1) is 13.0 Å². The standard InChI is InChI=1S/C12H16ClN5O/c1-3-6-18-7-5-14-10(18)8-9-15-11(13)17-12(16-9)19-4-2/h5,7H,3-4,6,8H2,1-2H3. The molecule has 0 aromatic carbocycles. The summed E-state index contributed by atoms with van der Waals surface area (Å²) < 4.78 is 7.33. The second kappa shape index (κ2) is 6.47. The van der Waals surface area contributed by atoms with Gasteiger partial charge in [0.2, 0.25) is 5.28 Å². The van der Waals surface area contributed by atoms with E-state index in [1.54, 1.807) is 6.20 Å². The summed E-state index contributed by atoms with van der Waals surface area (Å²) in [5, 5.41) is 0.141. The van der Waals surface area contributed by atoms with Gasteiger partial charge >= 0.3 is 6.01 Å². The number of aryl methyl sites for hydroxylation is 1. The summed E-state index contributed by atoms with van der Waals surface area (Å²) >= 11 is 5.86. The lowest BCUT2D eigenvalue weighted by molar-refractivity contribution is 0.310. The predicted octanol–water partition coefficient (Wildman–Crippen LogP) is 2.12. The molecule has 2 rings (SSSR count). The molecule has 0 saturated carbocycles. The molecule has 0 aliphatic carbocycles. The number of rotatable bonds is 6. The fraction of sp³-hybridized carbons (Fsp3) is 0.500. The normalized spacial score (nSPS) is 10.7. The maximum absolute atomic E-state index is 5.86. The van der Waals surface area contributed by atoms with Crippen LogP contribution in [0.2, 0.25) is 5.28 Å². The molecule has 0 spiro atoms. The van der Waals surface area contributed by atoms with Crippen molar-refractivity contribution in [2.24, 2.45) is 0 Å². The molecule has 2 aromatic heterocycles. The van der Waals surface area contributed by atoms with Gasteiger partial charge in [0.15, 0.2) is 0 Å². The number of ether oxygens (including phenoxy) is 1. The zero-order valence-electron chi connectivity index (χ0n) is 11.0. The largest absolute Gasteiger partial charge is 0.464 e.